The van der Waals surface area contributed by atoms with Crippen molar-refractivity contribution in [3.8, 4) is 11.4 Å². The topological polar surface area (TPSA) is 64.9 Å². The number of benzene rings is 1. The van der Waals surface area contributed by atoms with Crippen molar-refractivity contribution in [2.75, 3.05) is 6.54 Å². The minimum atomic E-state index is 0.661. The van der Waals surface area contributed by atoms with E-state index in [9.17, 15) is 0 Å². The Morgan fingerprint density at radius 3 is 2.71 bits per heavy atom. The molecule has 0 amide bonds. The van der Waals surface area contributed by atoms with Gasteiger partial charge in [0.2, 0.25) is 11.7 Å². The van der Waals surface area contributed by atoms with Crippen molar-refractivity contribution in [3.05, 3.63) is 35.7 Å². The summed E-state index contributed by atoms with van der Waals surface area (Å²) in [5.41, 5.74) is 7.88. The van der Waals surface area contributed by atoms with Gasteiger partial charge >= 0.3 is 0 Å². The molecule has 0 saturated heterocycles. The summed E-state index contributed by atoms with van der Waals surface area (Å²) in [6.45, 7) is 5.03. The number of aromatic nitrogens is 2. The summed E-state index contributed by atoms with van der Waals surface area (Å²) in [4.78, 5) is 4.52. The molecule has 21 heavy (non-hydrogen) atoms. The first kappa shape index (κ1) is 15.7. The third-order valence-electron chi connectivity index (χ3n) is 3.89. The molecule has 2 rings (SSSR count). The minimum absolute atomic E-state index is 0.661. The van der Waals surface area contributed by atoms with E-state index in [0.717, 1.165) is 42.8 Å². The first-order valence-electron chi connectivity index (χ1n) is 7.83. The summed E-state index contributed by atoms with van der Waals surface area (Å²) >= 11 is 0. The van der Waals surface area contributed by atoms with Crippen LogP contribution in [-0.4, -0.2) is 16.7 Å². The molecule has 0 bridgehead atoms. The Morgan fingerprint density at radius 2 is 2.00 bits per heavy atom. The van der Waals surface area contributed by atoms with Crippen LogP contribution >= 0.6 is 0 Å². The van der Waals surface area contributed by atoms with Crippen LogP contribution in [0.2, 0.25) is 0 Å². The SMILES string of the molecule is CCCC(CCN)CCc1nc(-c2ccccc2C)no1. The maximum Gasteiger partial charge on any atom is 0.226 e. The van der Waals surface area contributed by atoms with Gasteiger partial charge in [-0.25, -0.2) is 0 Å². The highest BCUT2D eigenvalue weighted by molar-refractivity contribution is 5.58. The Balaban J connectivity index is 1.98. The van der Waals surface area contributed by atoms with Crippen molar-refractivity contribution >= 4 is 0 Å². The van der Waals surface area contributed by atoms with E-state index in [-0.39, 0.29) is 0 Å². The van der Waals surface area contributed by atoms with Crippen LogP contribution in [0.3, 0.4) is 0 Å². The Hall–Kier alpha value is -1.68. The number of nitrogens with two attached hydrogens (primary N) is 1. The van der Waals surface area contributed by atoms with Crippen LogP contribution in [0.4, 0.5) is 0 Å². The van der Waals surface area contributed by atoms with E-state index in [4.69, 9.17) is 10.3 Å². The summed E-state index contributed by atoms with van der Waals surface area (Å²) in [5, 5.41) is 4.11. The van der Waals surface area contributed by atoms with Crippen LogP contribution < -0.4 is 5.73 Å². The first-order valence-corrected chi connectivity index (χ1v) is 7.83. The lowest BCUT2D eigenvalue weighted by atomic mass is 9.94. The average molecular weight is 287 g/mol. The van der Waals surface area contributed by atoms with Crippen molar-refractivity contribution in [2.45, 2.75) is 46.0 Å². The van der Waals surface area contributed by atoms with Crippen LogP contribution in [-0.2, 0) is 6.42 Å². The van der Waals surface area contributed by atoms with Crippen LogP contribution in [0, 0.1) is 12.8 Å². The second kappa shape index (κ2) is 7.93. The molecule has 0 fully saturated rings. The van der Waals surface area contributed by atoms with Gasteiger partial charge in [-0.1, -0.05) is 49.2 Å². The standard InChI is InChI=1S/C17H25N3O/c1-3-6-14(11-12-18)9-10-16-19-17(20-21-16)15-8-5-4-7-13(15)2/h4-5,7-8,14H,3,6,9-12,18H2,1-2H3. The lowest BCUT2D eigenvalue weighted by molar-refractivity contribution is 0.349. The fraction of sp³-hybridized carbons (Fsp3) is 0.529. The molecule has 1 aromatic carbocycles. The lowest BCUT2D eigenvalue weighted by Crippen LogP contribution is -2.09. The molecule has 0 saturated carbocycles. The third-order valence-corrected chi connectivity index (χ3v) is 3.89. The van der Waals surface area contributed by atoms with E-state index in [2.05, 4.69) is 30.1 Å². The van der Waals surface area contributed by atoms with Crippen molar-refractivity contribution in [2.24, 2.45) is 11.7 Å². The Bertz CT molecular complexity index is 544. The highest BCUT2D eigenvalue weighted by Crippen LogP contribution is 2.22. The van der Waals surface area contributed by atoms with Gasteiger partial charge in [0.15, 0.2) is 0 Å². The molecule has 2 aromatic rings. The molecule has 4 heteroatoms. The molecule has 0 aliphatic rings. The third kappa shape index (κ3) is 4.39. The number of aryl methyl sites for hydroxylation is 2. The lowest BCUT2D eigenvalue weighted by Gasteiger charge is -2.13. The normalized spacial score (nSPS) is 12.5. The van der Waals surface area contributed by atoms with Crippen molar-refractivity contribution in [3.63, 3.8) is 0 Å². The number of rotatable bonds is 8. The van der Waals surface area contributed by atoms with Gasteiger partial charge in [0.1, 0.15) is 0 Å². The van der Waals surface area contributed by atoms with Gasteiger partial charge < -0.3 is 10.3 Å². The van der Waals surface area contributed by atoms with Gasteiger partial charge in [-0.2, -0.15) is 4.98 Å². The fourth-order valence-corrected chi connectivity index (χ4v) is 2.69. The van der Waals surface area contributed by atoms with E-state index in [1.54, 1.807) is 0 Å². The zero-order chi connectivity index (χ0) is 15.1. The van der Waals surface area contributed by atoms with Gasteiger partial charge in [0.05, 0.1) is 0 Å². The molecule has 2 N–H and O–H groups in total. The molecule has 114 valence electrons. The van der Waals surface area contributed by atoms with Crippen molar-refractivity contribution in [1.82, 2.24) is 10.1 Å². The monoisotopic (exact) mass is 287 g/mol. The van der Waals surface area contributed by atoms with Crippen molar-refractivity contribution in [1.29, 1.82) is 0 Å². The summed E-state index contributed by atoms with van der Waals surface area (Å²) < 4.78 is 5.39. The van der Waals surface area contributed by atoms with E-state index in [1.165, 1.54) is 12.8 Å². The molecule has 0 aliphatic heterocycles. The molecular weight excluding hydrogens is 262 g/mol. The zero-order valence-electron chi connectivity index (χ0n) is 13.0. The maximum absolute atomic E-state index is 5.67. The molecule has 1 atom stereocenters. The molecule has 0 spiro atoms. The van der Waals surface area contributed by atoms with Crippen LogP contribution in [0.1, 0.15) is 44.1 Å². The van der Waals surface area contributed by atoms with E-state index < -0.39 is 0 Å². The van der Waals surface area contributed by atoms with E-state index in [0.29, 0.717) is 11.7 Å². The van der Waals surface area contributed by atoms with Gasteiger partial charge in [0.25, 0.3) is 0 Å². The summed E-state index contributed by atoms with van der Waals surface area (Å²) in [6, 6.07) is 8.10. The second-order valence-corrected chi connectivity index (χ2v) is 5.60. The van der Waals surface area contributed by atoms with Crippen LogP contribution in [0.15, 0.2) is 28.8 Å². The highest BCUT2D eigenvalue weighted by atomic mass is 16.5. The predicted octanol–water partition coefficient (Wildman–Crippen LogP) is 3.74. The highest BCUT2D eigenvalue weighted by Gasteiger charge is 2.13. The number of hydrogen-bond donors (Lipinski definition) is 1. The second-order valence-electron chi connectivity index (χ2n) is 5.60. The van der Waals surface area contributed by atoms with Crippen LogP contribution in [0.5, 0.6) is 0 Å². The largest absolute Gasteiger partial charge is 0.339 e. The fourth-order valence-electron chi connectivity index (χ4n) is 2.69. The summed E-state index contributed by atoms with van der Waals surface area (Å²) in [7, 11) is 0. The smallest absolute Gasteiger partial charge is 0.226 e. The van der Waals surface area contributed by atoms with Gasteiger partial charge in [0, 0.05) is 12.0 Å². The summed E-state index contributed by atoms with van der Waals surface area (Å²) in [5.74, 6) is 2.08. The van der Waals surface area contributed by atoms with Crippen LogP contribution in [0.25, 0.3) is 11.4 Å². The van der Waals surface area contributed by atoms with Crippen molar-refractivity contribution < 1.29 is 4.52 Å². The molecule has 4 nitrogen and oxygen atoms in total. The summed E-state index contributed by atoms with van der Waals surface area (Å²) in [6.07, 6.45) is 5.40. The molecule has 1 unspecified atom stereocenters. The van der Waals surface area contributed by atoms with Gasteiger partial charge in [-0.3, -0.25) is 0 Å². The van der Waals surface area contributed by atoms with Gasteiger partial charge in [-0.05, 0) is 37.8 Å². The molecule has 0 aliphatic carbocycles. The molecule has 0 radical (unpaired) electrons. The van der Waals surface area contributed by atoms with E-state index in [1.807, 2.05) is 18.2 Å². The molecular formula is C17H25N3O. The number of nitrogens with zero attached hydrogens (tertiary/aromatic N) is 2. The Labute approximate surface area is 126 Å². The maximum atomic E-state index is 5.67. The quantitative estimate of drug-likeness (QED) is 0.803. The Morgan fingerprint density at radius 1 is 1.19 bits per heavy atom. The predicted molar refractivity (Wildman–Crippen MR) is 84.9 cm³/mol. The number of hydrogen-bond acceptors (Lipinski definition) is 4. The minimum Gasteiger partial charge on any atom is -0.339 e. The van der Waals surface area contributed by atoms with E-state index >= 15 is 0 Å². The zero-order valence-corrected chi connectivity index (χ0v) is 13.0. The molecule has 1 aromatic heterocycles. The first-order chi connectivity index (χ1) is 10.2. The Kier molecular flexibility index (Phi) is 5.93. The molecule has 1 heterocycles. The van der Waals surface area contributed by atoms with Gasteiger partial charge in [-0.15, -0.1) is 0 Å². The average Bonchev–Trinajstić information content (AvgIpc) is 2.94.